The molecule has 0 aliphatic carbocycles. The van der Waals surface area contributed by atoms with Crippen LogP contribution in [-0.4, -0.2) is 19.2 Å². The summed E-state index contributed by atoms with van der Waals surface area (Å²) < 4.78 is 10.3. The summed E-state index contributed by atoms with van der Waals surface area (Å²) in [6.45, 7) is 0.180. The first kappa shape index (κ1) is 15.5. The van der Waals surface area contributed by atoms with Crippen LogP contribution < -0.4 is 5.32 Å². The normalized spacial score (nSPS) is 10.0. The topological polar surface area (TPSA) is 64.6 Å². The number of amides is 1. The maximum absolute atomic E-state index is 11.7. The van der Waals surface area contributed by atoms with E-state index in [1.165, 1.54) is 7.11 Å². The van der Waals surface area contributed by atoms with Crippen molar-refractivity contribution < 1.29 is 19.1 Å². The maximum atomic E-state index is 11.7. The molecule has 0 saturated heterocycles. The van der Waals surface area contributed by atoms with Gasteiger partial charge in [0.2, 0.25) is 0 Å². The Morgan fingerprint density at radius 1 is 1.29 bits per heavy atom. The van der Waals surface area contributed by atoms with Crippen LogP contribution in [0.15, 0.2) is 40.9 Å². The molecule has 2 rings (SSSR count). The van der Waals surface area contributed by atoms with Gasteiger partial charge in [0.05, 0.1) is 11.6 Å². The predicted octanol–water partition coefficient (Wildman–Crippen LogP) is 4.05. The van der Waals surface area contributed by atoms with Crippen LogP contribution in [0.2, 0.25) is 0 Å². The van der Waals surface area contributed by atoms with E-state index in [1.807, 2.05) is 30.3 Å². The van der Waals surface area contributed by atoms with Gasteiger partial charge in [-0.25, -0.2) is 9.59 Å². The highest BCUT2D eigenvalue weighted by Gasteiger charge is 2.15. The van der Waals surface area contributed by atoms with Crippen molar-refractivity contribution >= 4 is 44.3 Å². The molecule has 1 amide bonds. The molecule has 1 aromatic carbocycles. The number of rotatable bonds is 4. The van der Waals surface area contributed by atoms with Crippen molar-refractivity contribution in [2.45, 2.75) is 6.61 Å². The van der Waals surface area contributed by atoms with Crippen LogP contribution in [0.25, 0.3) is 0 Å². The van der Waals surface area contributed by atoms with E-state index in [2.05, 4.69) is 26.0 Å². The quantitative estimate of drug-likeness (QED) is 0.825. The Balaban J connectivity index is 1.93. The van der Waals surface area contributed by atoms with Crippen molar-refractivity contribution in [3.63, 3.8) is 0 Å². The van der Waals surface area contributed by atoms with Crippen molar-refractivity contribution in [2.75, 3.05) is 12.4 Å². The highest BCUT2D eigenvalue weighted by atomic mass is 79.9. The second-order valence-corrected chi connectivity index (χ2v) is 5.87. The third-order valence-corrected chi connectivity index (χ3v) is 4.42. The molecule has 1 aromatic heterocycles. The number of carbonyl (C=O) groups is 2. The predicted molar refractivity (Wildman–Crippen MR) is 83.6 cm³/mol. The lowest BCUT2D eigenvalue weighted by Crippen LogP contribution is -2.12. The molecule has 5 nitrogen and oxygen atoms in total. The van der Waals surface area contributed by atoms with Gasteiger partial charge >= 0.3 is 12.1 Å². The summed E-state index contributed by atoms with van der Waals surface area (Å²) in [7, 11) is 1.30. The van der Waals surface area contributed by atoms with Gasteiger partial charge in [-0.05, 0) is 27.6 Å². The minimum atomic E-state index is -0.585. The van der Waals surface area contributed by atoms with Crippen molar-refractivity contribution in [3.05, 3.63) is 51.3 Å². The average molecular weight is 370 g/mol. The summed E-state index contributed by atoms with van der Waals surface area (Å²) in [6, 6.07) is 10.9. The third kappa shape index (κ3) is 4.30. The summed E-state index contributed by atoms with van der Waals surface area (Å²) in [5.41, 5.74) is 0.896. The zero-order valence-electron chi connectivity index (χ0n) is 11.1. The van der Waals surface area contributed by atoms with Gasteiger partial charge in [-0.15, -0.1) is 11.3 Å². The number of thiophene rings is 1. The molecule has 0 aliphatic heterocycles. The first-order valence-corrected chi connectivity index (χ1v) is 7.56. The fourth-order valence-electron chi connectivity index (χ4n) is 1.51. The Morgan fingerprint density at radius 2 is 2.00 bits per heavy atom. The number of ether oxygens (including phenoxy) is 2. The smallest absolute Gasteiger partial charge is 0.412 e. The zero-order chi connectivity index (χ0) is 15.2. The summed E-state index contributed by atoms with van der Waals surface area (Å²) in [6.07, 6.45) is -0.585. The molecule has 0 spiro atoms. The molecule has 0 unspecified atom stereocenters. The maximum Gasteiger partial charge on any atom is 0.412 e. The van der Waals surface area contributed by atoms with Crippen LogP contribution in [0.5, 0.6) is 0 Å². The second kappa shape index (κ2) is 7.24. The second-order valence-electron chi connectivity index (χ2n) is 3.97. The third-order valence-electron chi connectivity index (χ3n) is 2.50. The Morgan fingerprint density at radius 3 is 2.67 bits per heavy atom. The fraction of sp³-hybridized carbons (Fsp3) is 0.143. The van der Waals surface area contributed by atoms with E-state index in [0.29, 0.717) is 14.4 Å². The monoisotopic (exact) mass is 369 g/mol. The standard InChI is InChI=1S/C14H12BrNO4S/c1-19-13(17)11-7-10(15)12(21-11)16-14(18)20-8-9-5-3-2-4-6-9/h2-7H,8H2,1H3,(H,16,18). The minimum Gasteiger partial charge on any atom is -0.465 e. The largest absolute Gasteiger partial charge is 0.465 e. The molecule has 0 radical (unpaired) electrons. The number of hydrogen-bond donors (Lipinski definition) is 1. The van der Waals surface area contributed by atoms with Gasteiger partial charge in [0, 0.05) is 0 Å². The number of halogens is 1. The van der Waals surface area contributed by atoms with Crippen LogP contribution in [0.1, 0.15) is 15.2 Å². The van der Waals surface area contributed by atoms with Gasteiger partial charge < -0.3 is 9.47 Å². The van der Waals surface area contributed by atoms with Gasteiger partial charge in [0.25, 0.3) is 0 Å². The summed E-state index contributed by atoms with van der Waals surface area (Å²) >= 11 is 4.38. The number of carbonyl (C=O) groups excluding carboxylic acids is 2. The van der Waals surface area contributed by atoms with E-state index in [9.17, 15) is 9.59 Å². The van der Waals surface area contributed by atoms with E-state index < -0.39 is 12.1 Å². The lowest BCUT2D eigenvalue weighted by Gasteiger charge is -2.05. The molecule has 110 valence electrons. The van der Waals surface area contributed by atoms with Crippen LogP contribution in [-0.2, 0) is 16.1 Å². The molecule has 2 aromatic rings. The number of esters is 1. The molecule has 0 saturated carbocycles. The van der Waals surface area contributed by atoms with Gasteiger partial charge in [-0.2, -0.15) is 0 Å². The van der Waals surface area contributed by atoms with Crippen molar-refractivity contribution in [3.8, 4) is 0 Å². The summed E-state index contributed by atoms with van der Waals surface area (Å²) in [5.74, 6) is -0.452. The first-order chi connectivity index (χ1) is 10.1. The van der Waals surface area contributed by atoms with Gasteiger partial charge in [0.1, 0.15) is 16.5 Å². The van der Waals surface area contributed by atoms with E-state index >= 15 is 0 Å². The Hall–Kier alpha value is -1.86. The molecule has 7 heteroatoms. The number of methoxy groups -OCH3 is 1. The molecule has 0 bridgehead atoms. The SMILES string of the molecule is COC(=O)c1cc(Br)c(NC(=O)OCc2ccccc2)s1. The highest BCUT2D eigenvalue weighted by Crippen LogP contribution is 2.33. The van der Waals surface area contributed by atoms with E-state index in [4.69, 9.17) is 4.74 Å². The Bertz CT molecular complexity index is 642. The van der Waals surface area contributed by atoms with Gasteiger partial charge in [0.15, 0.2) is 0 Å². The zero-order valence-corrected chi connectivity index (χ0v) is 13.5. The van der Waals surface area contributed by atoms with Crippen LogP contribution in [0.4, 0.5) is 9.80 Å². The van der Waals surface area contributed by atoms with Crippen molar-refractivity contribution in [2.24, 2.45) is 0 Å². The first-order valence-electron chi connectivity index (χ1n) is 5.95. The molecule has 21 heavy (non-hydrogen) atoms. The number of nitrogens with one attached hydrogen (secondary N) is 1. The van der Waals surface area contributed by atoms with Crippen molar-refractivity contribution in [1.82, 2.24) is 0 Å². The van der Waals surface area contributed by atoms with Gasteiger partial charge in [-0.3, -0.25) is 5.32 Å². The van der Waals surface area contributed by atoms with E-state index in [0.717, 1.165) is 16.9 Å². The minimum absolute atomic E-state index is 0.180. The molecular weight excluding hydrogens is 358 g/mol. The Kier molecular flexibility index (Phi) is 5.35. The molecule has 1 N–H and O–H groups in total. The van der Waals surface area contributed by atoms with E-state index in [-0.39, 0.29) is 6.61 Å². The molecule has 0 aliphatic rings. The van der Waals surface area contributed by atoms with Crippen LogP contribution in [0.3, 0.4) is 0 Å². The van der Waals surface area contributed by atoms with Crippen LogP contribution in [0, 0.1) is 0 Å². The fourth-order valence-corrected chi connectivity index (χ4v) is 3.08. The van der Waals surface area contributed by atoms with Gasteiger partial charge in [-0.1, -0.05) is 30.3 Å². The highest BCUT2D eigenvalue weighted by molar-refractivity contribution is 9.10. The Labute approximate surface area is 134 Å². The summed E-state index contributed by atoms with van der Waals surface area (Å²) in [4.78, 5) is 23.5. The molecular formula is C14H12BrNO4S. The average Bonchev–Trinajstić information content (AvgIpc) is 2.86. The number of hydrogen-bond acceptors (Lipinski definition) is 5. The molecule has 0 fully saturated rings. The molecule has 1 heterocycles. The van der Waals surface area contributed by atoms with Crippen molar-refractivity contribution in [1.29, 1.82) is 0 Å². The number of anilines is 1. The van der Waals surface area contributed by atoms with E-state index in [1.54, 1.807) is 6.07 Å². The molecule has 0 atom stereocenters. The lowest BCUT2D eigenvalue weighted by atomic mass is 10.2. The summed E-state index contributed by atoms with van der Waals surface area (Å²) in [5, 5.41) is 3.08. The lowest BCUT2D eigenvalue weighted by molar-refractivity contribution is 0.0606. The van der Waals surface area contributed by atoms with Crippen LogP contribution >= 0.6 is 27.3 Å². The number of benzene rings is 1.